The summed E-state index contributed by atoms with van der Waals surface area (Å²) in [5, 5.41) is 3.90. The van der Waals surface area contributed by atoms with Crippen molar-refractivity contribution in [3.05, 3.63) is 70.5 Å². The first-order valence-corrected chi connectivity index (χ1v) is 8.28. The molecule has 0 aliphatic heterocycles. The van der Waals surface area contributed by atoms with Crippen molar-refractivity contribution in [3.63, 3.8) is 0 Å². The van der Waals surface area contributed by atoms with E-state index in [1.807, 2.05) is 54.6 Å². The molecular formula is C18H15BrN2O3. The van der Waals surface area contributed by atoms with Gasteiger partial charge in [0.05, 0.1) is 0 Å². The number of carbonyl (C=O) groups is 1. The Balaban J connectivity index is 1.51. The van der Waals surface area contributed by atoms with E-state index in [0.29, 0.717) is 18.7 Å². The van der Waals surface area contributed by atoms with Gasteiger partial charge >= 0.3 is 5.97 Å². The first kappa shape index (κ1) is 16.4. The molecule has 0 fully saturated rings. The van der Waals surface area contributed by atoms with Gasteiger partial charge in [0, 0.05) is 16.5 Å². The Bertz CT molecular complexity index is 818. The highest BCUT2D eigenvalue weighted by Crippen LogP contribution is 2.20. The number of carbonyl (C=O) groups excluding carboxylic acids is 1. The number of ether oxygens (including phenoxy) is 1. The maximum atomic E-state index is 11.8. The molecule has 24 heavy (non-hydrogen) atoms. The third-order valence-electron chi connectivity index (χ3n) is 3.37. The predicted octanol–water partition coefficient (Wildman–Crippen LogP) is 4.18. The van der Waals surface area contributed by atoms with Crippen LogP contribution in [0.15, 0.2) is 63.6 Å². The molecule has 0 spiro atoms. The van der Waals surface area contributed by atoms with Gasteiger partial charge < -0.3 is 9.26 Å². The SMILES string of the molecule is O=C(CCc1ccccc1)OCc1nc(-c2cccc(Br)c2)no1. The largest absolute Gasteiger partial charge is 0.456 e. The van der Waals surface area contributed by atoms with Crippen molar-refractivity contribution in [1.29, 1.82) is 0 Å². The number of halogens is 1. The quantitative estimate of drug-likeness (QED) is 0.594. The maximum absolute atomic E-state index is 11.8. The van der Waals surface area contributed by atoms with Gasteiger partial charge in [0.2, 0.25) is 5.82 Å². The van der Waals surface area contributed by atoms with Gasteiger partial charge in [-0.25, -0.2) is 0 Å². The van der Waals surface area contributed by atoms with Crippen LogP contribution in [-0.4, -0.2) is 16.1 Å². The molecule has 0 unspecified atom stereocenters. The Hall–Kier alpha value is -2.47. The summed E-state index contributed by atoms with van der Waals surface area (Å²) in [7, 11) is 0. The standard InChI is InChI=1S/C18H15BrN2O3/c19-15-8-4-7-14(11-15)18-20-16(24-21-18)12-23-17(22)10-9-13-5-2-1-3-6-13/h1-8,11H,9-10,12H2. The topological polar surface area (TPSA) is 65.2 Å². The molecule has 0 radical (unpaired) electrons. The van der Waals surface area contributed by atoms with Crippen LogP contribution in [0.2, 0.25) is 0 Å². The maximum Gasteiger partial charge on any atom is 0.306 e. The van der Waals surface area contributed by atoms with Gasteiger partial charge in [0.25, 0.3) is 5.89 Å². The van der Waals surface area contributed by atoms with E-state index in [4.69, 9.17) is 9.26 Å². The molecule has 0 saturated heterocycles. The van der Waals surface area contributed by atoms with Crippen LogP contribution in [0.5, 0.6) is 0 Å². The molecule has 1 aromatic heterocycles. The van der Waals surface area contributed by atoms with E-state index in [2.05, 4.69) is 26.1 Å². The van der Waals surface area contributed by atoms with Gasteiger partial charge in [-0.05, 0) is 24.1 Å². The zero-order valence-electron chi connectivity index (χ0n) is 12.8. The lowest BCUT2D eigenvalue weighted by Crippen LogP contribution is -2.06. The Morgan fingerprint density at radius 1 is 1.12 bits per heavy atom. The van der Waals surface area contributed by atoms with Crippen molar-refractivity contribution in [2.45, 2.75) is 19.4 Å². The first-order chi connectivity index (χ1) is 11.7. The molecule has 122 valence electrons. The average molecular weight is 387 g/mol. The van der Waals surface area contributed by atoms with Gasteiger partial charge in [-0.2, -0.15) is 4.98 Å². The number of hydrogen-bond acceptors (Lipinski definition) is 5. The van der Waals surface area contributed by atoms with Crippen LogP contribution in [0.1, 0.15) is 17.9 Å². The average Bonchev–Trinajstić information content (AvgIpc) is 3.08. The van der Waals surface area contributed by atoms with Crippen molar-refractivity contribution in [2.75, 3.05) is 0 Å². The van der Waals surface area contributed by atoms with Crippen LogP contribution < -0.4 is 0 Å². The number of benzene rings is 2. The molecule has 0 bridgehead atoms. The lowest BCUT2D eigenvalue weighted by atomic mass is 10.1. The fraction of sp³-hybridized carbons (Fsp3) is 0.167. The molecule has 1 heterocycles. The summed E-state index contributed by atoms with van der Waals surface area (Å²) in [5.41, 5.74) is 1.93. The summed E-state index contributed by atoms with van der Waals surface area (Å²) >= 11 is 3.40. The highest BCUT2D eigenvalue weighted by Gasteiger charge is 2.11. The van der Waals surface area contributed by atoms with E-state index in [1.165, 1.54) is 0 Å². The van der Waals surface area contributed by atoms with Crippen LogP contribution in [0.25, 0.3) is 11.4 Å². The third kappa shape index (κ3) is 4.52. The third-order valence-corrected chi connectivity index (χ3v) is 3.86. The lowest BCUT2D eigenvalue weighted by Gasteiger charge is -2.02. The number of aromatic nitrogens is 2. The molecule has 0 amide bonds. The molecule has 6 heteroatoms. The van der Waals surface area contributed by atoms with Crippen LogP contribution in [0.4, 0.5) is 0 Å². The number of rotatable bonds is 6. The van der Waals surface area contributed by atoms with Gasteiger partial charge in [-0.3, -0.25) is 4.79 Å². The summed E-state index contributed by atoms with van der Waals surface area (Å²) in [6.45, 7) is -0.0192. The van der Waals surface area contributed by atoms with E-state index in [0.717, 1.165) is 15.6 Å². The van der Waals surface area contributed by atoms with Crippen molar-refractivity contribution in [1.82, 2.24) is 10.1 Å². The first-order valence-electron chi connectivity index (χ1n) is 7.49. The second kappa shape index (κ2) is 7.88. The summed E-state index contributed by atoms with van der Waals surface area (Å²) in [5.74, 6) is 0.450. The summed E-state index contributed by atoms with van der Waals surface area (Å²) in [6.07, 6.45) is 0.962. The molecule has 5 nitrogen and oxygen atoms in total. The van der Waals surface area contributed by atoms with Crippen molar-refractivity contribution in [2.24, 2.45) is 0 Å². The second-order valence-electron chi connectivity index (χ2n) is 5.17. The van der Waals surface area contributed by atoms with Crippen LogP contribution in [0.3, 0.4) is 0 Å². The number of aryl methyl sites for hydroxylation is 1. The van der Waals surface area contributed by atoms with Crippen molar-refractivity contribution < 1.29 is 14.1 Å². The van der Waals surface area contributed by atoms with E-state index < -0.39 is 0 Å². The smallest absolute Gasteiger partial charge is 0.306 e. The van der Waals surface area contributed by atoms with E-state index in [9.17, 15) is 4.79 Å². The fourth-order valence-electron chi connectivity index (χ4n) is 2.16. The van der Waals surface area contributed by atoms with Crippen LogP contribution in [0, 0.1) is 0 Å². The molecule has 0 saturated carbocycles. The highest BCUT2D eigenvalue weighted by molar-refractivity contribution is 9.10. The molecule has 0 aliphatic rings. The zero-order chi connectivity index (χ0) is 16.8. The minimum Gasteiger partial charge on any atom is -0.456 e. The molecular weight excluding hydrogens is 372 g/mol. The number of hydrogen-bond donors (Lipinski definition) is 0. The molecule has 0 atom stereocenters. The van der Waals surface area contributed by atoms with E-state index in [1.54, 1.807) is 0 Å². The fourth-order valence-corrected chi connectivity index (χ4v) is 2.56. The Labute approximate surface area is 147 Å². The zero-order valence-corrected chi connectivity index (χ0v) is 14.4. The highest BCUT2D eigenvalue weighted by atomic mass is 79.9. The van der Waals surface area contributed by atoms with Gasteiger partial charge in [0.15, 0.2) is 6.61 Å². The van der Waals surface area contributed by atoms with Gasteiger partial charge in [-0.1, -0.05) is 63.6 Å². The normalized spacial score (nSPS) is 10.5. The van der Waals surface area contributed by atoms with E-state index >= 15 is 0 Å². The van der Waals surface area contributed by atoms with Crippen LogP contribution >= 0.6 is 15.9 Å². The molecule has 0 N–H and O–H groups in total. The van der Waals surface area contributed by atoms with Gasteiger partial charge in [-0.15, -0.1) is 0 Å². The lowest BCUT2D eigenvalue weighted by molar-refractivity contribution is -0.145. The molecule has 3 rings (SSSR count). The number of esters is 1. The minimum absolute atomic E-state index is 0.0192. The van der Waals surface area contributed by atoms with Crippen LogP contribution in [-0.2, 0) is 22.6 Å². The summed E-state index contributed by atoms with van der Waals surface area (Å²) in [6, 6.07) is 17.4. The molecule has 0 aliphatic carbocycles. The Morgan fingerprint density at radius 3 is 2.75 bits per heavy atom. The molecule has 2 aromatic carbocycles. The minimum atomic E-state index is -0.291. The van der Waals surface area contributed by atoms with Crippen molar-refractivity contribution >= 4 is 21.9 Å². The Kier molecular flexibility index (Phi) is 5.38. The number of nitrogens with zero attached hydrogens (tertiary/aromatic N) is 2. The second-order valence-corrected chi connectivity index (χ2v) is 6.08. The van der Waals surface area contributed by atoms with Gasteiger partial charge in [0.1, 0.15) is 0 Å². The predicted molar refractivity (Wildman–Crippen MR) is 92.0 cm³/mol. The summed E-state index contributed by atoms with van der Waals surface area (Å²) < 4.78 is 11.2. The van der Waals surface area contributed by atoms with Crippen molar-refractivity contribution in [3.8, 4) is 11.4 Å². The monoisotopic (exact) mass is 386 g/mol. The summed E-state index contributed by atoms with van der Waals surface area (Å²) in [4.78, 5) is 16.0. The van der Waals surface area contributed by atoms with E-state index in [-0.39, 0.29) is 18.5 Å². The molecule has 3 aromatic rings. The Morgan fingerprint density at radius 2 is 1.96 bits per heavy atom.